The Hall–Kier alpha value is -2.27. The van der Waals surface area contributed by atoms with Gasteiger partial charge in [-0.15, -0.1) is 0 Å². The molecule has 0 bridgehead atoms. The number of rotatable bonds is 12. The fourth-order valence-corrected chi connectivity index (χ4v) is 4.44. The van der Waals surface area contributed by atoms with Gasteiger partial charge in [0, 0.05) is 41.5 Å². The molecule has 0 saturated heterocycles. The Morgan fingerprint density at radius 2 is 1.83 bits per heavy atom. The van der Waals surface area contributed by atoms with Crippen LogP contribution in [-0.2, 0) is 6.42 Å². The zero-order valence-electron chi connectivity index (χ0n) is 20.4. The van der Waals surface area contributed by atoms with Crippen LogP contribution in [0.25, 0.3) is 5.78 Å². The maximum absolute atomic E-state index is 13.4. The number of thiol groups is 1. The molecule has 0 fully saturated rings. The molecule has 0 aliphatic rings. The fourth-order valence-electron chi connectivity index (χ4n) is 4.20. The van der Waals surface area contributed by atoms with E-state index in [0.29, 0.717) is 36.5 Å². The molecular weight excluding hydrogens is 490 g/mol. The summed E-state index contributed by atoms with van der Waals surface area (Å²) in [7, 11) is 0. The second kappa shape index (κ2) is 13.7. The summed E-state index contributed by atoms with van der Waals surface area (Å²) in [5.74, 6) is 0.879. The number of amides is 1. The molecule has 1 amide bonds. The number of pyridine rings is 1. The van der Waals surface area contributed by atoms with Crippen molar-refractivity contribution in [2.45, 2.75) is 59.3 Å². The molecule has 0 aromatic carbocycles. The molecule has 35 heavy (non-hydrogen) atoms. The van der Waals surface area contributed by atoms with Crippen molar-refractivity contribution in [3.63, 3.8) is 0 Å². The summed E-state index contributed by atoms with van der Waals surface area (Å²) in [4.78, 5) is 27.3. The highest BCUT2D eigenvalue weighted by molar-refractivity contribution is 7.80. The van der Waals surface area contributed by atoms with Crippen LogP contribution in [-0.4, -0.2) is 54.2 Å². The van der Waals surface area contributed by atoms with Crippen LogP contribution >= 0.6 is 26.1 Å². The Balaban J connectivity index is 0.00000432. The van der Waals surface area contributed by atoms with E-state index < -0.39 is 6.43 Å². The summed E-state index contributed by atoms with van der Waals surface area (Å²) in [6.45, 7) is 6.96. The predicted octanol–water partition coefficient (Wildman–Crippen LogP) is 5.00. The third-order valence-electron chi connectivity index (χ3n) is 5.83. The number of hydrogen-bond acceptors (Lipinski definition) is 6. The SMILES string of the molecule is CCCC[C@@H](CCN(CCS)C(=O)c1cc(C)nc(C)c1)Cc1cc(C(F)F)nc2ncnn12.S. The van der Waals surface area contributed by atoms with Crippen LogP contribution < -0.4 is 0 Å². The molecule has 0 radical (unpaired) electrons. The van der Waals surface area contributed by atoms with E-state index in [0.717, 1.165) is 37.1 Å². The standard InChI is InChI=1S/C24H32F2N6OS.H2S/c1-4-5-6-18(13-20-14-21(22(25)26)30-24-27-15-28-32(20)24)7-8-31(9-10-34)23(33)19-11-16(2)29-17(3)12-19;/h11-12,14-15,18,22,34H,4-10,13H2,1-3H3;1H2/t18-;/m0./s1. The van der Waals surface area contributed by atoms with Crippen molar-refractivity contribution in [2.75, 3.05) is 18.8 Å². The first-order valence-electron chi connectivity index (χ1n) is 11.7. The number of alkyl halides is 2. The quantitative estimate of drug-likeness (QED) is 0.338. The Kier molecular flexibility index (Phi) is 11.4. The lowest BCUT2D eigenvalue weighted by Gasteiger charge is -2.25. The maximum Gasteiger partial charge on any atom is 0.280 e. The van der Waals surface area contributed by atoms with Crippen molar-refractivity contribution in [2.24, 2.45) is 5.92 Å². The highest BCUT2D eigenvalue weighted by Crippen LogP contribution is 2.24. The number of unbranched alkanes of at least 4 members (excludes halogenated alkanes) is 1. The van der Waals surface area contributed by atoms with Crippen molar-refractivity contribution in [3.8, 4) is 0 Å². The minimum Gasteiger partial charge on any atom is -0.338 e. The van der Waals surface area contributed by atoms with E-state index in [2.05, 4.69) is 39.6 Å². The zero-order chi connectivity index (χ0) is 24.7. The van der Waals surface area contributed by atoms with Gasteiger partial charge in [0.15, 0.2) is 0 Å². The van der Waals surface area contributed by atoms with Crippen LogP contribution in [0.3, 0.4) is 0 Å². The van der Waals surface area contributed by atoms with Crippen molar-refractivity contribution in [1.82, 2.24) is 29.5 Å². The molecule has 3 aromatic heterocycles. The number of hydrogen-bond donors (Lipinski definition) is 1. The lowest BCUT2D eigenvalue weighted by atomic mass is 9.92. The summed E-state index contributed by atoms with van der Waals surface area (Å²) < 4.78 is 28.3. The molecule has 0 unspecified atom stereocenters. The molecule has 3 aromatic rings. The van der Waals surface area contributed by atoms with Gasteiger partial charge in [0.1, 0.15) is 12.0 Å². The molecule has 0 aliphatic heterocycles. The van der Waals surface area contributed by atoms with Crippen molar-refractivity contribution in [1.29, 1.82) is 0 Å². The summed E-state index contributed by atoms with van der Waals surface area (Å²) in [6.07, 6.45) is 2.92. The Morgan fingerprint density at radius 3 is 2.46 bits per heavy atom. The highest BCUT2D eigenvalue weighted by atomic mass is 32.1. The Bertz CT molecular complexity index is 1090. The normalized spacial score (nSPS) is 12.1. The van der Waals surface area contributed by atoms with Crippen LogP contribution in [0, 0.1) is 19.8 Å². The number of aryl methyl sites for hydroxylation is 2. The molecule has 192 valence electrons. The predicted molar refractivity (Wildman–Crippen MR) is 141 cm³/mol. The van der Waals surface area contributed by atoms with Gasteiger partial charge in [0.05, 0.1) is 0 Å². The van der Waals surface area contributed by atoms with Crippen molar-refractivity contribution in [3.05, 3.63) is 52.9 Å². The molecule has 3 heterocycles. The average molecular weight is 525 g/mol. The molecule has 0 saturated carbocycles. The first kappa shape index (κ1) is 29.0. The summed E-state index contributed by atoms with van der Waals surface area (Å²) in [5, 5.41) is 4.18. The topological polar surface area (TPSA) is 76.3 Å². The first-order valence-corrected chi connectivity index (χ1v) is 12.3. The van der Waals surface area contributed by atoms with Gasteiger partial charge >= 0.3 is 0 Å². The Labute approximate surface area is 217 Å². The second-order valence-corrected chi connectivity index (χ2v) is 9.05. The van der Waals surface area contributed by atoms with Gasteiger partial charge < -0.3 is 4.90 Å². The minimum absolute atomic E-state index is 0. The molecule has 0 aliphatic carbocycles. The molecule has 3 rings (SSSR count). The smallest absolute Gasteiger partial charge is 0.280 e. The van der Waals surface area contributed by atoms with Crippen LogP contribution in [0.15, 0.2) is 24.5 Å². The van der Waals surface area contributed by atoms with Crippen LogP contribution in [0.5, 0.6) is 0 Å². The zero-order valence-corrected chi connectivity index (χ0v) is 22.3. The number of nitrogens with zero attached hydrogens (tertiary/aromatic N) is 6. The molecule has 0 spiro atoms. The van der Waals surface area contributed by atoms with Crippen LogP contribution in [0.1, 0.15) is 72.2 Å². The minimum atomic E-state index is -2.68. The van der Waals surface area contributed by atoms with Gasteiger partial charge in [-0.05, 0) is 50.8 Å². The second-order valence-electron chi connectivity index (χ2n) is 8.60. The van der Waals surface area contributed by atoms with Gasteiger partial charge in [-0.2, -0.15) is 36.2 Å². The van der Waals surface area contributed by atoms with E-state index in [9.17, 15) is 13.6 Å². The first-order chi connectivity index (χ1) is 16.3. The number of fused-ring (bicyclic) bond motifs is 1. The average Bonchev–Trinajstić information content (AvgIpc) is 3.27. The van der Waals surface area contributed by atoms with Gasteiger partial charge in [0.2, 0.25) is 0 Å². The molecular formula is C24H34F2N6OS2. The monoisotopic (exact) mass is 524 g/mol. The Morgan fingerprint density at radius 1 is 1.11 bits per heavy atom. The van der Waals surface area contributed by atoms with E-state index in [1.54, 1.807) is 12.1 Å². The van der Waals surface area contributed by atoms with Gasteiger partial charge in [0.25, 0.3) is 18.1 Å². The summed E-state index contributed by atoms with van der Waals surface area (Å²) >= 11 is 4.35. The highest BCUT2D eigenvalue weighted by Gasteiger charge is 2.21. The lowest BCUT2D eigenvalue weighted by Crippen LogP contribution is -2.35. The van der Waals surface area contributed by atoms with E-state index in [4.69, 9.17) is 0 Å². The van der Waals surface area contributed by atoms with Crippen LogP contribution in [0.2, 0.25) is 0 Å². The van der Waals surface area contributed by atoms with Crippen molar-refractivity contribution >= 4 is 37.8 Å². The third-order valence-corrected chi connectivity index (χ3v) is 6.03. The third kappa shape index (κ3) is 7.86. The molecule has 11 heteroatoms. The molecule has 0 N–H and O–H groups in total. The van der Waals surface area contributed by atoms with E-state index >= 15 is 0 Å². The lowest BCUT2D eigenvalue weighted by molar-refractivity contribution is 0.0755. The van der Waals surface area contributed by atoms with E-state index in [1.165, 1.54) is 16.9 Å². The number of carbonyl (C=O) groups is 1. The fraction of sp³-hybridized carbons (Fsp3) is 0.542. The van der Waals surface area contributed by atoms with E-state index in [1.807, 2.05) is 18.7 Å². The summed E-state index contributed by atoms with van der Waals surface area (Å²) in [6, 6.07) is 5.03. The van der Waals surface area contributed by atoms with Gasteiger partial charge in [-0.25, -0.2) is 18.3 Å². The maximum atomic E-state index is 13.4. The number of aromatic nitrogens is 5. The van der Waals surface area contributed by atoms with Crippen LogP contribution in [0.4, 0.5) is 8.78 Å². The largest absolute Gasteiger partial charge is 0.338 e. The molecule has 1 atom stereocenters. The summed E-state index contributed by atoms with van der Waals surface area (Å²) in [5.41, 5.74) is 2.60. The van der Waals surface area contributed by atoms with E-state index in [-0.39, 0.29) is 36.8 Å². The van der Waals surface area contributed by atoms with Crippen molar-refractivity contribution < 1.29 is 13.6 Å². The number of carbonyl (C=O) groups excluding carboxylic acids is 1. The number of halogens is 2. The van der Waals surface area contributed by atoms with Gasteiger partial charge in [-0.3, -0.25) is 9.78 Å². The van der Waals surface area contributed by atoms with Gasteiger partial charge in [-0.1, -0.05) is 26.2 Å². The molecule has 7 nitrogen and oxygen atoms in total.